The summed E-state index contributed by atoms with van der Waals surface area (Å²) in [6.45, 7) is 6.57. The second-order valence-electron chi connectivity index (χ2n) is 7.88. The van der Waals surface area contributed by atoms with E-state index in [1.54, 1.807) is 7.11 Å². The van der Waals surface area contributed by atoms with E-state index in [2.05, 4.69) is 45.6 Å². The molecule has 0 saturated carbocycles. The van der Waals surface area contributed by atoms with Crippen molar-refractivity contribution in [3.8, 4) is 0 Å². The van der Waals surface area contributed by atoms with Gasteiger partial charge in [0.05, 0.1) is 12.8 Å². The molecule has 30 heavy (non-hydrogen) atoms. The number of anilines is 1. The Hall–Kier alpha value is -2.77. The van der Waals surface area contributed by atoms with Crippen molar-refractivity contribution >= 4 is 17.3 Å². The van der Waals surface area contributed by atoms with Gasteiger partial charge in [0, 0.05) is 63.8 Å². The van der Waals surface area contributed by atoms with Gasteiger partial charge in [-0.3, -0.25) is 20.0 Å². The van der Waals surface area contributed by atoms with Crippen LogP contribution in [0.15, 0.2) is 48.7 Å². The van der Waals surface area contributed by atoms with Gasteiger partial charge in [0.25, 0.3) is 5.91 Å². The number of benzene rings is 1. The summed E-state index contributed by atoms with van der Waals surface area (Å²) >= 11 is 0. The number of para-hydroxylation sites is 1. The molecule has 7 nitrogen and oxygen atoms in total. The summed E-state index contributed by atoms with van der Waals surface area (Å²) in [5, 5.41) is 0. The number of nitrogens with one attached hydrogen (secondary N) is 1. The number of hydroxylamine groups is 1. The first-order chi connectivity index (χ1) is 14.7. The molecule has 1 aromatic carbocycles. The molecular formula is C23H31N5O2. The Morgan fingerprint density at radius 2 is 1.80 bits per heavy atom. The van der Waals surface area contributed by atoms with Crippen LogP contribution >= 0.6 is 0 Å². The van der Waals surface area contributed by atoms with Crippen molar-refractivity contribution in [3.63, 3.8) is 0 Å². The molecule has 2 aromatic rings. The highest BCUT2D eigenvalue weighted by Crippen LogP contribution is 2.23. The quantitative estimate of drug-likeness (QED) is 0.711. The first-order valence-electron chi connectivity index (χ1n) is 10.6. The number of amides is 1. The third kappa shape index (κ3) is 4.37. The predicted octanol–water partition coefficient (Wildman–Crippen LogP) is 2.19. The number of rotatable bonds is 7. The highest BCUT2D eigenvalue weighted by Gasteiger charge is 2.26. The molecule has 2 aliphatic rings. The molecule has 1 fully saturated rings. The molecule has 1 amide bonds. The summed E-state index contributed by atoms with van der Waals surface area (Å²) in [5.41, 5.74) is 6.67. The summed E-state index contributed by atoms with van der Waals surface area (Å²) in [7, 11) is 3.50. The van der Waals surface area contributed by atoms with Crippen molar-refractivity contribution in [2.75, 3.05) is 57.8 Å². The van der Waals surface area contributed by atoms with Crippen molar-refractivity contribution in [3.05, 3.63) is 59.9 Å². The molecule has 4 rings (SSSR count). The Bertz CT molecular complexity index is 884. The van der Waals surface area contributed by atoms with Crippen LogP contribution in [-0.2, 0) is 11.9 Å². The van der Waals surface area contributed by atoms with Crippen molar-refractivity contribution in [1.82, 2.24) is 19.8 Å². The minimum atomic E-state index is 0.0792. The molecule has 1 saturated heterocycles. The van der Waals surface area contributed by atoms with Gasteiger partial charge >= 0.3 is 0 Å². The zero-order valence-corrected chi connectivity index (χ0v) is 17.9. The van der Waals surface area contributed by atoms with Gasteiger partial charge in [-0.25, -0.2) is 0 Å². The van der Waals surface area contributed by atoms with Crippen LogP contribution in [0.4, 0.5) is 5.69 Å². The van der Waals surface area contributed by atoms with Gasteiger partial charge in [-0.1, -0.05) is 18.2 Å². The third-order valence-electron chi connectivity index (χ3n) is 5.98. The minimum absolute atomic E-state index is 0.0792. The highest BCUT2D eigenvalue weighted by molar-refractivity contribution is 5.99. The van der Waals surface area contributed by atoms with Crippen LogP contribution in [0, 0.1) is 0 Å². The third-order valence-corrected chi connectivity index (χ3v) is 5.98. The van der Waals surface area contributed by atoms with Gasteiger partial charge in [-0.15, -0.1) is 0 Å². The topological polar surface area (TPSA) is 53.0 Å². The maximum Gasteiger partial charge on any atom is 0.271 e. The van der Waals surface area contributed by atoms with Crippen LogP contribution in [0.1, 0.15) is 22.5 Å². The van der Waals surface area contributed by atoms with E-state index in [0.717, 1.165) is 56.9 Å². The van der Waals surface area contributed by atoms with Crippen molar-refractivity contribution in [2.45, 2.75) is 6.42 Å². The average Bonchev–Trinajstić information content (AvgIpc) is 3.11. The van der Waals surface area contributed by atoms with E-state index in [9.17, 15) is 4.79 Å². The maximum absolute atomic E-state index is 13.1. The number of hydrogen-bond acceptors (Lipinski definition) is 5. The van der Waals surface area contributed by atoms with Crippen LogP contribution in [0.25, 0.3) is 5.70 Å². The van der Waals surface area contributed by atoms with Crippen molar-refractivity contribution < 1.29 is 9.63 Å². The van der Waals surface area contributed by atoms with E-state index in [1.807, 2.05) is 34.9 Å². The van der Waals surface area contributed by atoms with Gasteiger partial charge < -0.3 is 14.4 Å². The van der Waals surface area contributed by atoms with E-state index < -0.39 is 0 Å². The fourth-order valence-electron chi connectivity index (χ4n) is 4.31. The predicted molar refractivity (Wildman–Crippen MR) is 119 cm³/mol. The number of hydrogen-bond donors (Lipinski definition) is 1. The summed E-state index contributed by atoms with van der Waals surface area (Å²) in [4.78, 5) is 25.1. The average molecular weight is 410 g/mol. The molecule has 1 aromatic heterocycles. The molecule has 160 valence electrons. The lowest BCUT2D eigenvalue weighted by molar-refractivity contribution is 0.0758. The van der Waals surface area contributed by atoms with E-state index in [-0.39, 0.29) is 5.91 Å². The van der Waals surface area contributed by atoms with Gasteiger partial charge in [0.1, 0.15) is 5.69 Å². The molecule has 0 bridgehead atoms. The summed E-state index contributed by atoms with van der Waals surface area (Å²) in [6, 6.07) is 12.6. The monoisotopic (exact) mass is 409 g/mol. The lowest BCUT2D eigenvalue weighted by Gasteiger charge is -2.36. The van der Waals surface area contributed by atoms with Crippen molar-refractivity contribution in [1.29, 1.82) is 0 Å². The molecule has 0 atom stereocenters. The van der Waals surface area contributed by atoms with Gasteiger partial charge in [0.15, 0.2) is 0 Å². The lowest BCUT2D eigenvalue weighted by Crippen LogP contribution is -2.47. The zero-order chi connectivity index (χ0) is 20.9. The number of aryl methyl sites for hydroxylation is 1. The molecule has 0 radical (unpaired) electrons. The number of aromatic nitrogens is 1. The summed E-state index contributed by atoms with van der Waals surface area (Å²) in [6.07, 6.45) is 4.92. The fraction of sp³-hybridized carbons (Fsp3) is 0.435. The number of carbonyl (C=O) groups is 1. The molecule has 0 unspecified atom stereocenters. The molecule has 3 heterocycles. The van der Waals surface area contributed by atoms with Gasteiger partial charge in [0.2, 0.25) is 0 Å². The van der Waals surface area contributed by atoms with E-state index >= 15 is 0 Å². The first kappa shape index (κ1) is 20.5. The Labute approximate surface area is 178 Å². The molecule has 0 aliphatic carbocycles. The zero-order valence-electron chi connectivity index (χ0n) is 17.9. The molecular weight excluding hydrogens is 378 g/mol. The number of piperazine rings is 1. The van der Waals surface area contributed by atoms with Crippen LogP contribution < -0.4 is 10.4 Å². The van der Waals surface area contributed by atoms with E-state index in [0.29, 0.717) is 12.2 Å². The standard InChI is InChI=1S/C23H31N5O2/c1-25-13-9-20-21(24-30-2)10-14-28(23(29)22(20)25)12-6-11-26-15-17-27(18-16-26)19-7-4-3-5-8-19/h3-5,7-10,13,24H,6,11-12,14-18H2,1-2H3. The SMILES string of the molecule is CONC1=CCN(CCCN2CCN(c3ccccc3)CC2)C(=O)c2c1ccn2C. The second-order valence-corrected chi connectivity index (χ2v) is 7.88. The molecule has 7 heteroatoms. The number of fused-ring (bicyclic) bond motifs is 1. The first-order valence-corrected chi connectivity index (χ1v) is 10.6. The Morgan fingerprint density at radius 1 is 1.03 bits per heavy atom. The smallest absolute Gasteiger partial charge is 0.271 e. The Morgan fingerprint density at radius 3 is 2.53 bits per heavy atom. The van der Waals surface area contributed by atoms with E-state index in [4.69, 9.17) is 4.84 Å². The van der Waals surface area contributed by atoms with Crippen LogP contribution in [-0.4, -0.2) is 73.2 Å². The fourth-order valence-corrected chi connectivity index (χ4v) is 4.31. The van der Waals surface area contributed by atoms with Gasteiger partial charge in [-0.2, -0.15) is 0 Å². The summed E-state index contributed by atoms with van der Waals surface area (Å²) in [5.74, 6) is 0.0792. The number of carbonyl (C=O) groups excluding carboxylic acids is 1. The lowest BCUT2D eigenvalue weighted by atomic mass is 10.2. The van der Waals surface area contributed by atoms with Crippen molar-refractivity contribution in [2.24, 2.45) is 7.05 Å². The van der Waals surface area contributed by atoms with Crippen LogP contribution in [0.5, 0.6) is 0 Å². The van der Waals surface area contributed by atoms with Crippen LogP contribution in [0.3, 0.4) is 0 Å². The summed E-state index contributed by atoms with van der Waals surface area (Å²) < 4.78 is 1.89. The normalized spacial score (nSPS) is 17.5. The largest absolute Gasteiger partial charge is 0.369 e. The Balaban J connectivity index is 1.30. The van der Waals surface area contributed by atoms with E-state index in [1.165, 1.54) is 5.69 Å². The minimum Gasteiger partial charge on any atom is -0.369 e. The van der Waals surface area contributed by atoms with Gasteiger partial charge in [-0.05, 0) is 37.2 Å². The highest BCUT2D eigenvalue weighted by atomic mass is 16.6. The molecule has 0 spiro atoms. The Kier molecular flexibility index (Phi) is 6.40. The molecule has 1 N–H and O–H groups in total. The second kappa shape index (κ2) is 9.36. The maximum atomic E-state index is 13.1. The number of nitrogens with zero attached hydrogens (tertiary/aromatic N) is 4. The van der Waals surface area contributed by atoms with Crippen LogP contribution in [0.2, 0.25) is 0 Å². The molecule has 2 aliphatic heterocycles.